The molecule has 0 saturated heterocycles. The number of para-hydroxylation sites is 1. The van der Waals surface area contributed by atoms with Gasteiger partial charge in [0, 0.05) is 11.1 Å². The summed E-state index contributed by atoms with van der Waals surface area (Å²) in [5.74, 6) is 0.467. The normalized spacial score (nSPS) is 11.4. The summed E-state index contributed by atoms with van der Waals surface area (Å²) in [5, 5.41) is 12.7. The molecule has 0 saturated carbocycles. The van der Waals surface area contributed by atoms with Crippen molar-refractivity contribution in [3.8, 4) is 11.4 Å². The molecule has 0 radical (unpaired) electrons. The van der Waals surface area contributed by atoms with Gasteiger partial charge in [0.25, 0.3) is 5.56 Å². The molecule has 26 heavy (non-hydrogen) atoms. The fourth-order valence-corrected chi connectivity index (χ4v) is 3.00. The van der Waals surface area contributed by atoms with Gasteiger partial charge in [0.05, 0.1) is 16.8 Å². The number of fused-ring (bicyclic) bond motifs is 1. The molecule has 0 unspecified atom stereocenters. The third-order valence-electron chi connectivity index (χ3n) is 3.86. The molecule has 2 aromatic carbocycles. The SMILES string of the molecule is O=c1[nH]c2ccccc2cc1/C=N/n1c(-c2ccccc2Cl)n[nH]c1=S. The quantitative estimate of drug-likeness (QED) is 0.416. The fraction of sp³-hybridized carbons (Fsp3) is 0. The maximum Gasteiger partial charge on any atom is 0.257 e. The summed E-state index contributed by atoms with van der Waals surface area (Å²) in [6, 6.07) is 16.6. The van der Waals surface area contributed by atoms with Gasteiger partial charge in [-0.15, -0.1) is 0 Å². The molecule has 2 heterocycles. The Morgan fingerprint density at radius 2 is 1.92 bits per heavy atom. The van der Waals surface area contributed by atoms with E-state index in [2.05, 4.69) is 20.3 Å². The lowest BCUT2D eigenvalue weighted by atomic mass is 10.2. The standard InChI is InChI=1S/C18H12ClN5OS/c19-14-7-3-2-6-13(14)16-22-23-18(26)24(16)20-10-12-9-11-5-1-4-8-15(11)21-17(12)25/h1-10H,(H,21,25)(H,23,26)/b20-10+. The summed E-state index contributed by atoms with van der Waals surface area (Å²) in [7, 11) is 0. The number of nitrogens with zero attached hydrogens (tertiary/aromatic N) is 3. The monoisotopic (exact) mass is 381 g/mol. The van der Waals surface area contributed by atoms with Crippen molar-refractivity contribution in [1.82, 2.24) is 19.9 Å². The van der Waals surface area contributed by atoms with E-state index in [4.69, 9.17) is 23.8 Å². The smallest absolute Gasteiger partial charge is 0.257 e. The van der Waals surface area contributed by atoms with Gasteiger partial charge in [0.15, 0.2) is 5.82 Å². The Hall–Kier alpha value is -3.03. The number of H-pyrrole nitrogens is 2. The van der Waals surface area contributed by atoms with Crippen molar-refractivity contribution in [3.05, 3.63) is 80.3 Å². The lowest BCUT2D eigenvalue weighted by Gasteiger charge is -2.03. The van der Waals surface area contributed by atoms with Crippen LogP contribution in [0.5, 0.6) is 0 Å². The predicted octanol–water partition coefficient (Wildman–Crippen LogP) is 3.98. The van der Waals surface area contributed by atoms with Gasteiger partial charge in [-0.05, 0) is 41.9 Å². The van der Waals surface area contributed by atoms with Gasteiger partial charge in [0.2, 0.25) is 4.77 Å². The molecule has 0 aliphatic heterocycles. The first-order valence-electron chi connectivity index (χ1n) is 7.72. The zero-order valence-corrected chi connectivity index (χ0v) is 14.9. The van der Waals surface area contributed by atoms with Crippen molar-refractivity contribution in [2.45, 2.75) is 0 Å². The molecular weight excluding hydrogens is 370 g/mol. The van der Waals surface area contributed by atoms with Gasteiger partial charge in [-0.2, -0.15) is 14.9 Å². The average molecular weight is 382 g/mol. The van der Waals surface area contributed by atoms with Crippen LogP contribution in [0.2, 0.25) is 5.02 Å². The molecule has 2 N–H and O–H groups in total. The summed E-state index contributed by atoms with van der Waals surface area (Å²) in [4.78, 5) is 15.1. The number of aromatic nitrogens is 4. The minimum atomic E-state index is -0.234. The van der Waals surface area contributed by atoms with Crippen molar-refractivity contribution in [3.63, 3.8) is 0 Å². The summed E-state index contributed by atoms with van der Waals surface area (Å²) in [5.41, 5.74) is 1.64. The van der Waals surface area contributed by atoms with Crippen molar-refractivity contribution < 1.29 is 0 Å². The molecule has 4 aromatic rings. The maximum atomic E-state index is 12.3. The van der Waals surface area contributed by atoms with Gasteiger partial charge < -0.3 is 4.98 Å². The van der Waals surface area contributed by atoms with Crippen molar-refractivity contribution in [1.29, 1.82) is 0 Å². The Balaban J connectivity index is 1.80. The van der Waals surface area contributed by atoms with Crippen LogP contribution in [0.3, 0.4) is 0 Å². The second-order valence-corrected chi connectivity index (χ2v) is 6.32. The largest absolute Gasteiger partial charge is 0.321 e. The molecule has 0 amide bonds. The molecule has 128 valence electrons. The molecule has 8 heteroatoms. The highest BCUT2D eigenvalue weighted by Crippen LogP contribution is 2.25. The Labute approximate surface area is 157 Å². The first-order chi connectivity index (χ1) is 12.6. The number of hydrogen-bond donors (Lipinski definition) is 2. The second kappa shape index (κ2) is 6.70. The number of pyridine rings is 1. The van der Waals surface area contributed by atoms with Gasteiger partial charge >= 0.3 is 0 Å². The summed E-state index contributed by atoms with van der Waals surface area (Å²) in [6.07, 6.45) is 1.46. The number of halogens is 1. The van der Waals surface area contributed by atoms with Crippen molar-refractivity contribution >= 4 is 40.9 Å². The Kier molecular flexibility index (Phi) is 4.24. The number of aromatic amines is 2. The molecular formula is C18H12ClN5OS. The highest BCUT2D eigenvalue weighted by atomic mass is 35.5. The lowest BCUT2D eigenvalue weighted by molar-refractivity contribution is 0.871. The molecule has 0 atom stereocenters. The number of nitrogens with one attached hydrogen (secondary N) is 2. The second-order valence-electron chi connectivity index (χ2n) is 5.53. The van der Waals surface area contributed by atoms with E-state index in [-0.39, 0.29) is 5.56 Å². The molecule has 6 nitrogen and oxygen atoms in total. The van der Waals surface area contributed by atoms with E-state index < -0.39 is 0 Å². The maximum absolute atomic E-state index is 12.3. The molecule has 4 rings (SSSR count). The molecule has 0 aliphatic rings. The summed E-state index contributed by atoms with van der Waals surface area (Å²) >= 11 is 11.5. The van der Waals surface area contributed by atoms with E-state index in [9.17, 15) is 4.79 Å². The molecule has 0 fully saturated rings. The van der Waals surface area contributed by atoms with Gasteiger partial charge in [-0.3, -0.25) is 4.79 Å². The number of hydrogen-bond acceptors (Lipinski definition) is 4. The Bertz CT molecular complexity index is 1250. The molecule has 0 spiro atoms. The van der Waals surface area contributed by atoms with E-state index >= 15 is 0 Å². The van der Waals surface area contributed by atoms with Gasteiger partial charge in [0.1, 0.15) is 0 Å². The van der Waals surface area contributed by atoms with Crippen LogP contribution in [0.25, 0.3) is 22.3 Å². The summed E-state index contributed by atoms with van der Waals surface area (Å²) < 4.78 is 1.74. The summed E-state index contributed by atoms with van der Waals surface area (Å²) in [6.45, 7) is 0. The number of rotatable bonds is 3. The average Bonchev–Trinajstić information content (AvgIpc) is 3.01. The third kappa shape index (κ3) is 2.98. The van der Waals surface area contributed by atoms with E-state index in [1.54, 1.807) is 12.1 Å². The van der Waals surface area contributed by atoms with Crippen LogP contribution in [0, 0.1) is 4.77 Å². The van der Waals surface area contributed by atoms with E-state index in [0.717, 1.165) is 10.9 Å². The molecule has 0 bridgehead atoms. The van der Waals surface area contributed by atoms with Gasteiger partial charge in [-0.25, -0.2) is 5.10 Å². The van der Waals surface area contributed by atoms with Crippen LogP contribution in [0.1, 0.15) is 5.56 Å². The molecule has 0 aliphatic carbocycles. The van der Waals surface area contributed by atoms with Crippen LogP contribution in [-0.2, 0) is 0 Å². The van der Waals surface area contributed by atoms with Crippen LogP contribution in [-0.4, -0.2) is 26.1 Å². The van der Waals surface area contributed by atoms with E-state index in [1.165, 1.54) is 10.9 Å². The van der Waals surface area contributed by atoms with Crippen molar-refractivity contribution in [2.24, 2.45) is 5.10 Å². The minimum absolute atomic E-state index is 0.234. The minimum Gasteiger partial charge on any atom is -0.321 e. The van der Waals surface area contributed by atoms with Crippen molar-refractivity contribution in [2.75, 3.05) is 0 Å². The highest BCUT2D eigenvalue weighted by Gasteiger charge is 2.11. The topological polar surface area (TPSA) is 78.8 Å². The first-order valence-corrected chi connectivity index (χ1v) is 8.51. The Morgan fingerprint density at radius 1 is 1.15 bits per heavy atom. The zero-order valence-electron chi connectivity index (χ0n) is 13.3. The van der Waals surface area contributed by atoms with E-state index in [1.807, 2.05) is 42.5 Å². The lowest BCUT2D eigenvalue weighted by Crippen LogP contribution is -2.12. The zero-order chi connectivity index (χ0) is 18.1. The number of benzene rings is 2. The molecule has 2 aromatic heterocycles. The first kappa shape index (κ1) is 16.4. The van der Waals surface area contributed by atoms with Crippen LogP contribution in [0.15, 0.2) is 64.5 Å². The van der Waals surface area contributed by atoms with Crippen LogP contribution < -0.4 is 5.56 Å². The Morgan fingerprint density at radius 3 is 2.77 bits per heavy atom. The van der Waals surface area contributed by atoms with E-state index in [0.29, 0.717) is 26.7 Å². The highest BCUT2D eigenvalue weighted by molar-refractivity contribution is 7.71. The third-order valence-corrected chi connectivity index (χ3v) is 4.45. The fourth-order valence-electron chi connectivity index (χ4n) is 2.60. The van der Waals surface area contributed by atoms with Crippen LogP contribution in [0.4, 0.5) is 0 Å². The van der Waals surface area contributed by atoms with Gasteiger partial charge in [-0.1, -0.05) is 41.9 Å². The predicted molar refractivity (Wildman–Crippen MR) is 105 cm³/mol. The van der Waals surface area contributed by atoms with Crippen LogP contribution >= 0.6 is 23.8 Å².